The third kappa shape index (κ3) is 2.66. The number of ether oxygens (including phenoxy) is 1. The highest BCUT2D eigenvalue weighted by atomic mass is 79.9. The molecule has 0 aliphatic carbocycles. The van der Waals surface area contributed by atoms with Crippen LogP contribution in [0.15, 0.2) is 40.9 Å². The van der Waals surface area contributed by atoms with Crippen LogP contribution in [0.4, 0.5) is 21.5 Å². The normalized spacial score (nSPS) is 10.3. The first-order valence-electron chi connectivity index (χ1n) is 5.66. The molecule has 2 rings (SSSR count). The number of rotatable bonds is 3. The van der Waals surface area contributed by atoms with E-state index in [0.717, 1.165) is 5.69 Å². The van der Waals surface area contributed by atoms with Gasteiger partial charge in [0.15, 0.2) is 0 Å². The Bertz CT molecular complexity index is 604. The van der Waals surface area contributed by atoms with Crippen molar-refractivity contribution in [3.63, 3.8) is 0 Å². The highest BCUT2D eigenvalue weighted by molar-refractivity contribution is 9.10. The summed E-state index contributed by atoms with van der Waals surface area (Å²) in [6.07, 6.45) is 0. The molecule has 0 aromatic heterocycles. The Balaban J connectivity index is 2.50. The van der Waals surface area contributed by atoms with E-state index in [9.17, 15) is 4.39 Å². The number of hydrogen-bond donors (Lipinski definition) is 1. The third-order valence-corrected chi connectivity index (χ3v) is 3.49. The second-order valence-corrected chi connectivity index (χ2v) is 4.91. The Hall–Kier alpha value is -1.75. The molecule has 100 valence electrons. The average Bonchev–Trinajstić information content (AvgIpc) is 2.42. The van der Waals surface area contributed by atoms with Gasteiger partial charge >= 0.3 is 0 Å². The van der Waals surface area contributed by atoms with Gasteiger partial charge in [-0.05, 0) is 34.1 Å². The van der Waals surface area contributed by atoms with Crippen LogP contribution in [0.2, 0.25) is 0 Å². The number of halogens is 2. The summed E-state index contributed by atoms with van der Waals surface area (Å²) in [5, 5.41) is 0. The van der Waals surface area contributed by atoms with E-state index in [4.69, 9.17) is 10.5 Å². The van der Waals surface area contributed by atoms with Gasteiger partial charge in [0.2, 0.25) is 0 Å². The highest BCUT2D eigenvalue weighted by Gasteiger charge is 2.14. The van der Waals surface area contributed by atoms with Gasteiger partial charge in [0.25, 0.3) is 0 Å². The lowest BCUT2D eigenvalue weighted by atomic mass is 10.2. The van der Waals surface area contributed by atoms with Crippen LogP contribution in [-0.2, 0) is 0 Å². The van der Waals surface area contributed by atoms with E-state index in [1.807, 2.05) is 31.3 Å². The van der Waals surface area contributed by atoms with Crippen LogP contribution >= 0.6 is 15.9 Å². The van der Waals surface area contributed by atoms with Gasteiger partial charge in [-0.2, -0.15) is 0 Å². The first kappa shape index (κ1) is 13.7. The standard InChI is InChI=1S/C14H14BrFN2O/c1-18(12-5-3-4-6-14(12)19-2)13-8-10(16)9(15)7-11(13)17/h3-8H,17H2,1-2H3. The van der Waals surface area contributed by atoms with Crippen molar-refractivity contribution in [1.82, 2.24) is 0 Å². The molecule has 0 amide bonds. The van der Waals surface area contributed by atoms with Crippen LogP contribution in [0, 0.1) is 5.82 Å². The summed E-state index contributed by atoms with van der Waals surface area (Å²) in [6, 6.07) is 10.4. The molecule has 0 saturated heterocycles. The Kier molecular flexibility index (Phi) is 3.95. The monoisotopic (exact) mass is 324 g/mol. The lowest BCUT2D eigenvalue weighted by Gasteiger charge is -2.23. The summed E-state index contributed by atoms with van der Waals surface area (Å²) in [7, 11) is 3.41. The number of nitrogen functional groups attached to an aromatic ring is 1. The van der Waals surface area contributed by atoms with Crippen LogP contribution in [0.25, 0.3) is 0 Å². The quantitative estimate of drug-likeness (QED) is 0.869. The van der Waals surface area contributed by atoms with Crippen LogP contribution in [0.5, 0.6) is 5.75 Å². The minimum Gasteiger partial charge on any atom is -0.495 e. The zero-order valence-electron chi connectivity index (χ0n) is 10.7. The number of benzene rings is 2. The molecule has 0 aliphatic rings. The summed E-state index contributed by atoms with van der Waals surface area (Å²) in [6.45, 7) is 0. The van der Waals surface area contributed by atoms with Crippen LogP contribution < -0.4 is 15.4 Å². The van der Waals surface area contributed by atoms with Crippen molar-refractivity contribution in [3.8, 4) is 5.75 Å². The first-order valence-corrected chi connectivity index (χ1v) is 6.45. The van der Waals surface area contributed by atoms with E-state index in [-0.39, 0.29) is 5.82 Å². The van der Waals surface area contributed by atoms with Crippen LogP contribution in [0.1, 0.15) is 0 Å². The maximum atomic E-state index is 13.7. The van der Waals surface area contributed by atoms with E-state index in [1.165, 1.54) is 6.07 Å². The summed E-state index contributed by atoms with van der Waals surface area (Å²) in [5.41, 5.74) is 7.83. The molecule has 2 aromatic carbocycles. The maximum absolute atomic E-state index is 13.7. The fourth-order valence-corrected chi connectivity index (χ4v) is 2.24. The van der Waals surface area contributed by atoms with E-state index >= 15 is 0 Å². The van der Waals surface area contributed by atoms with Gasteiger partial charge in [0.1, 0.15) is 11.6 Å². The molecule has 0 atom stereocenters. The molecule has 0 spiro atoms. The van der Waals surface area contributed by atoms with Crippen molar-refractivity contribution >= 4 is 33.0 Å². The molecule has 5 heteroatoms. The molecular formula is C14H14BrFN2O. The molecule has 0 unspecified atom stereocenters. The predicted octanol–water partition coefficient (Wildman–Crippen LogP) is 3.95. The minimum absolute atomic E-state index is 0.349. The molecule has 0 radical (unpaired) electrons. The van der Waals surface area contributed by atoms with E-state index in [2.05, 4.69) is 15.9 Å². The molecule has 3 nitrogen and oxygen atoms in total. The maximum Gasteiger partial charge on any atom is 0.142 e. The van der Waals surface area contributed by atoms with Gasteiger partial charge in [0.05, 0.1) is 28.6 Å². The van der Waals surface area contributed by atoms with Gasteiger partial charge in [-0.15, -0.1) is 0 Å². The van der Waals surface area contributed by atoms with Gasteiger partial charge in [-0.25, -0.2) is 4.39 Å². The predicted molar refractivity (Wildman–Crippen MR) is 79.6 cm³/mol. The highest BCUT2D eigenvalue weighted by Crippen LogP contribution is 2.36. The van der Waals surface area contributed by atoms with E-state index in [1.54, 1.807) is 18.1 Å². The molecule has 0 bridgehead atoms. The van der Waals surface area contributed by atoms with Gasteiger partial charge in [-0.1, -0.05) is 12.1 Å². The van der Waals surface area contributed by atoms with Crippen LogP contribution in [0.3, 0.4) is 0 Å². The lowest BCUT2D eigenvalue weighted by Crippen LogP contribution is -2.13. The van der Waals surface area contributed by atoms with Gasteiger partial charge in [0, 0.05) is 13.1 Å². The summed E-state index contributed by atoms with van der Waals surface area (Å²) < 4.78 is 19.3. The second kappa shape index (κ2) is 5.48. The topological polar surface area (TPSA) is 38.5 Å². The van der Waals surface area contributed by atoms with Crippen molar-refractivity contribution in [2.45, 2.75) is 0 Å². The Morgan fingerprint density at radius 1 is 1.21 bits per heavy atom. The Morgan fingerprint density at radius 2 is 1.89 bits per heavy atom. The fraction of sp³-hybridized carbons (Fsp3) is 0.143. The number of hydrogen-bond acceptors (Lipinski definition) is 3. The molecule has 0 saturated carbocycles. The minimum atomic E-state index is -0.356. The fourth-order valence-electron chi connectivity index (χ4n) is 1.88. The van der Waals surface area contributed by atoms with Crippen molar-refractivity contribution in [3.05, 3.63) is 46.7 Å². The number of nitrogens with zero attached hydrogens (tertiary/aromatic N) is 1. The first-order chi connectivity index (χ1) is 9.04. The average molecular weight is 325 g/mol. The number of methoxy groups -OCH3 is 1. The molecule has 19 heavy (non-hydrogen) atoms. The number of nitrogens with two attached hydrogens (primary N) is 1. The second-order valence-electron chi connectivity index (χ2n) is 4.06. The van der Waals surface area contributed by atoms with Crippen molar-refractivity contribution in [1.29, 1.82) is 0 Å². The lowest BCUT2D eigenvalue weighted by molar-refractivity contribution is 0.415. The molecule has 2 aromatic rings. The van der Waals surface area contributed by atoms with Crippen molar-refractivity contribution in [2.24, 2.45) is 0 Å². The van der Waals surface area contributed by atoms with Gasteiger partial charge < -0.3 is 15.4 Å². The van der Waals surface area contributed by atoms with Crippen molar-refractivity contribution in [2.75, 3.05) is 24.8 Å². The SMILES string of the molecule is COc1ccccc1N(C)c1cc(F)c(Br)cc1N. The zero-order valence-corrected chi connectivity index (χ0v) is 12.2. The number of para-hydroxylation sites is 2. The molecule has 2 N–H and O–H groups in total. The van der Waals surface area contributed by atoms with Crippen LogP contribution in [-0.4, -0.2) is 14.2 Å². The molecule has 0 heterocycles. The number of anilines is 3. The Labute approximate surface area is 119 Å². The largest absolute Gasteiger partial charge is 0.495 e. The molecular weight excluding hydrogens is 311 g/mol. The summed E-state index contributed by atoms with van der Waals surface area (Å²) in [5.74, 6) is 0.346. The zero-order chi connectivity index (χ0) is 14.0. The summed E-state index contributed by atoms with van der Waals surface area (Å²) >= 11 is 3.12. The smallest absolute Gasteiger partial charge is 0.142 e. The molecule has 0 aliphatic heterocycles. The Morgan fingerprint density at radius 3 is 2.58 bits per heavy atom. The van der Waals surface area contributed by atoms with E-state index < -0.39 is 0 Å². The summed E-state index contributed by atoms with van der Waals surface area (Å²) in [4.78, 5) is 1.80. The van der Waals surface area contributed by atoms with E-state index in [0.29, 0.717) is 21.6 Å². The van der Waals surface area contributed by atoms with Gasteiger partial charge in [-0.3, -0.25) is 0 Å². The molecule has 0 fully saturated rings. The van der Waals surface area contributed by atoms with Crippen molar-refractivity contribution < 1.29 is 9.13 Å². The third-order valence-electron chi connectivity index (χ3n) is 2.88.